The summed E-state index contributed by atoms with van der Waals surface area (Å²) < 4.78 is 31.2. The fraction of sp³-hybridized carbons (Fsp3) is 0.350. The molecule has 0 aliphatic heterocycles. The summed E-state index contributed by atoms with van der Waals surface area (Å²) in [4.78, 5) is 12.5. The van der Waals surface area contributed by atoms with Crippen LogP contribution < -0.4 is 14.4 Å². The molecule has 29 heavy (non-hydrogen) atoms. The first-order valence-electron chi connectivity index (χ1n) is 9.07. The predicted molar refractivity (Wildman–Crippen MR) is 118 cm³/mol. The number of sulfonamides is 1. The molecule has 0 spiro atoms. The van der Waals surface area contributed by atoms with E-state index in [1.165, 1.54) is 24.6 Å². The largest absolute Gasteiger partial charge is 0.492 e. The number of nitrogens with zero attached hydrogens (tertiary/aromatic N) is 1. The molecule has 0 heterocycles. The molecule has 0 aliphatic carbocycles. The third-order valence-electron chi connectivity index (χ3n) is 4.24. The molecule has 158 valence electrons. The van der Waals surface area contributed by atoms with E-state index in [0.29, 0.717) is 10.8 Å². The fourth-order valence-electron chi connectivity index (χ4n) is 2.75. The number of carbonyl (C=O) groups is 1. The maximum Gasteiger partial charge on any atom is 0.243 e. The smallest absolute Gasteiger partial charge is 0.243 e. The predicted octanol–water partition coefficient (Wildman–Crippen LogP) is 3.91. The first-order valence-corrected chi connectivity index (χ1v) is 11.7. The maximum absolute atomic E-state index is 12.5. The van der Waals surface area contributed by atoms with Crippen molar-refractivity contribution < 1.29 is 17.9 Å². The van der Waals surface area contributed by atoms with E-state index in [4.69, 9.17) is 27.9 Å². The van der Waals surface area contributed by atoms with Crippen LogP contribution in [0.3, 0.4) is 0 Å². The van der Waals surface area contributed by atoms with Gasteiger partial charge in [-0.05, 0) is 49.2 Å². The van der Waals surface area contributed by atoms with Gasteiger partial charge in [0.05, 0.1) is 23.5 Å². The van der Waals surface area contributed by atoms with Gasteiger partial charge in [-0.15, -0.1) is 0 Å². The van der Waals surface area contributed by atoms with E-state index in [2.05, 4.69) is 12.2 Å². The van der Waals surface area contributed by atoms with Gasteiger partial charge in [-0.1, -0.05) is 42.3 Å². The molecule has 1 atom stereocenters. The van der Waals surface area contributed by atoms with Gasteiger partial charge in [-0.25, -0.2) is 8.42 Å². The SMILES string of the molecule is CCc1ccc(OCCNC(=O)[C@@H](C)N(c2cc(Cl)ccc2Cl)S(C)(=O)=O)cc1. The number of nitrogens with one attached hydrogen (secondary N) is 1. The fourth-order valence-corrected chi connectivity index (χ4v) is 4.35. The number of amides is 1. The second-order valence-electron chi connectivity index (χ2n) is 6.47. The number of benzene rings is 2. The quantitative estimate of drug-likeness (QED) is 0.577. The third kappa shape index (κ3) is 6.52. The molecule has 0 radical (unpaired) electrons. The minimum atomic E-state index is -3.78. The van der Waals surface area contributed by atoms with Crippen LogP contribution in [0.15, 0.2) is 42.5 Å². The number of hydrogen-bond acceptors (Lipinski definition) is 4. The molecular formula is C20H24Cl2N2O4S. The minimum absolute atomic E-state index is 0.150. The molecule has 2 aromatic rings. The van der Waals surface area contributed by atoms with Crippen molar-refractivity contribution in [1.29, 1.82) is 0 Å². The summed E-state index contributed by atoms with van der Waals surface area (Å²) >= 11 is 12.1. The van der Waals surface area contributed by atoms with Crippen LogP contribution in [0.2, 0.25) is 10.0 Å². The second kappa shape index (κ2) is 10.2. The van der Waals surface area contributed by atoms with Gasteiger partial charge in [-0.3, -0.25) is 9.10 Å². The molecule has 2 aromatic carbocycles. The molecule has 1 N–H and O–H groups in total. The van der Waals surface area contributed by atoms with Crippen LogP contribution in [0.1, 0.15) is 19.4 Å². The lowest BCUT2D eigenvalue weighted by Crippen LogP contribution is -2.48. The van der Waals surface area contributed by atoms with Crippen LogP contribution in [-0.4, -0.2) is 39.8 Å². The van der Waals surface area contributed by atoms with Crippen LogP contribution >= 0.6 is 23.2 Å². The first kappa shape index (κ1) is 23.3. The number of hydrogen-bond donors (Lipinski definition) is 1. The van der Waals surface area contributed by atoms with Crippen LogP contribution in [-0.2, 0) is 21.2 Å². The van der Waals surface area contributed by atoms with Crippen LogP contribution in [0.5, 0.6) is 5.75 Å². The average molecular weight is 459 g/mol. The van der Waals surface area contributed by atoms with Gasteiger partial charge in [0.25, 0.3) is 0 Å². The monoisotopic (exact) mass is 458 g/mol. The Morgan fingerprint density at radius 1 is 1.17 bits per heavy atom. The van der Waals surface area contributed by atoms with Crippen LogP contribution in [0.4, 0.5) is 5.69 Å². The number of aryl methyl sites for hydroxylation is 1. The van der Waals surface area contributed by atoms with Crippen molar-refractivity contribution in [2.75, 3.05) is 23.7 Å². The highest BCUT2D eigenvalue weighted by Crippen LogP contribution is 2.32. The lowest BCUT2D eigenvalue weighted by molar-refractivity contribution is -0.121. The topological polar surface area (TPSA) is 75.7 Å². The van der Waals surface area contributed by atoms with Crippen LogP contribution in [0.25, 0.3) is 0 Å². The Balaban J connectivity index is 2.01. The summed E-state index contributed by atoms with van der Waals surface area (Å²) in [5.41, 5.74) is 1.36. The van der Waals surface area contributed by atoms with Crippen molar-refractivity contribution in [1.82, 2.24) is 5.32 Å². The second-order valence-corrected chi connectivity index (χ2v) is 9.17. The number of ether oxygens (including phenoxy) is 1. The maximum atomic E-state index is 12.5. The Morgan fingerprint density at radius 3 is 2.41 bits per heavy atom. The molecule has 0 aliphatic rings. The molecular weight excluding hydrogens is 435 g/mol. The van der Waals surface area contributed by atoms with Crippen molar-refractivity contribution in [2.45, 2.75) is 26.3 Å². The highest BCUT2D eigenvalue weighted by Gasteiger charge is 2.30. The molecule has 9 heteroatoms. The Labute approximate surface area is 181 Å². The Hall–Kier alpha value is -1.96. The number of carbonyl (C=O) groups excluding carboxylic acids is 1. The molecule has 0 aromatic heterocycles. The summed E-state index contributed by atoms with van der Waals surface area (Å²) in [6, 6.07) is 11.1. The minimum Gasteiger partial charge on any atom is -0.492 e. The number of halogens is 2. The zero-order chi connectivity index (χ0) is 21.6. The molecule has 0 saturated heterocycles. The van der Waals surface area contributed by atoms with E-state index in [9.17, 15) is 13.2 Å². The third-order valence-corrected chi connectivity index (χ3v) is 6.02. The van der Waals surface area contributed by atoms with Gasteiger partial charge in [-0.2, -0.15) is 0 Å². The normalized spacial score (nSPS) is 12.3. The zero-order valence-corrected chi connectivity index (χ0v) is 18.8. The molecule has 2 rings (SSSR count). The van der Waals surface area contributed by atoms with Gasteiger partial charge in [0.2, 0.25) is 15.9 Å². The molecule has 1 amide bonds. The molecule has 6 nitrogen and oxygen atoms in total. The Kier molecular flexibility index (Phi) is 8.19. The lowest BCUT2D eigenvalue weighted by atomic mass is 10.2. The number of anilines is 1. The standard InChI is InChI=1S/C20H24Cl2N2O4S/c1-4-15-5-8-17(9-6-15)28-12-11-23-20(25)14(2)24(29(3,26)27)19-13-16(21)7-10-18(19)22/h5-10,13-14H,4,11-12H2,1-3H3,(H,23,25)/t14-/m1/s1. The summed E-state index contributed by atoms with van der Waals surface area (Å²) in [6.45, 7) is 4.03. The van der Waals surface area contributed by atoms with Crippen LogP contribution in [0, 0.1) is 0 Å². The first-order chi connectivity index (χ1) is 13.6. The summed E-state index contributed by atoms with van der Waals surface area (Å²) in [6.07, 6.45) is 1.96. The van der Waals surface area contributed by atoms with Gasteiger partial charge in [0, 0.05) is 5.02 Å². The summed E-state index contributed by atoms with van der Waals surface area (Å²) in [5.74, 6) is 0.226. The molecule has 0 saturated carbocycles. The van der Waals surface area contributed by atoms with E-state index < -0.39 is 22.0 Å². The van der Waals surface area contributed by atoms with E-state index in [-0.39, 0.29) is 23.9 Å². The van der Waals surface area contributed by atoms with Crippen molar-refractivity contribution >= 4 is 44.8 Å². The van der Waals surface area contributed by atoms with Crippen molar-refractivity contribution in [2.24, 2.45) is 0 Å². The number of rotatable bonds is 9. The van der Waals surface area contributed by atoms with Crippen molar-refractivity contribution in [3.8, 4) is 5.75 Å². The summed E-state index contributed by atoms with van der Waals surface area (Å²) in [5, 5.41) is 3.18. The van der Waals surface area contributed by atoms with E-state index in [0.717, 1.165) is 17.0 Å². The van der Waals surface area contributed by atoms with Gasteiger partial charge in [0.1, 0.15) is 18.4 Å². The van der Waals surface area contributed by atoms with Gasteiger partial charge in [0.15, 0.2) is 0 Å². The Bertz CT molecular complexity index is 949. The van der Waals surface area contributed by atoms with E-state index >= 15 is 0 Å². The zero-order valence-electron chi connectivity index (χ0n) is 16.5. The van der Waals surface area contributed by atoms with Gasteiger partial charge < -0.3 is 10.1 Å². The highest BCUT2D eigenvalue weighted by atomic mass is 35.5. The Morgan fingerprint density at radius 2 is 1.83 bits per heavy atom. The van der Waals surface area contributed by atoms with Gasteiger partial charge >= 0.3 is 0 Å². The van der Waals surface area contributed by atoms with Crippen molar-refractivity contribution in [3.63, 3.8) is 0 Å². The van der Waals surface area contributed by atoms with E-state index in [1.807, 2.05) is 24.3 Å². The molecule has 0 bridgehead atoms. The van der Waals surface area contributed by atoms with E-state index in [1.54, 1.807) is 6.07 Å². The lowest BCUT2D eigenvalue weighted by Gasteiger charge is -2.29. The summed E-state index contributed by atoms with van der Waals surface area (Å²) in [7, 11) is -3.78. The molecule has 0 fully saturated rings. The highest BCUT2D eigenvalue weighted by molar-refractivity contribution is 7.92. The van der Waals surface area contributed by atoms with Crippen molar-refractivity contribution in [3.05, 3.63) is 58.1 Å². The molecule has 0 unspecified atom stereocenters. The average Bonchev–Trinajstić information content (AvgIpc) is 2.67.